The van der Waals surface area contributed by atoms with Crippen LogP contribution >= 0.6 is 0 Å². The Hall–Kier alpha value is -1.84. The van der Waals surface area contributed by atoms with E-state index in [0.29, 0.717) is 14.8 Å². The fourth-order valence-electron chi connectivity index (χ4n) is 1.10. The third-order valence-corrected chi connectivity index (χ3v) is 1.67. The standard InChI is InChI=1S/C8H6N2O2/c11-9-3-1-7-2-4-10(12)6-8(7)5-9/h1-6H. The highest BCUT2D eigenvalue weighted by atomic mass is 16.5. The third-order valence-electron chi connectivity index (χ3n) is 1.67. The summed E-state index contributed by atoms with van der Waals surface area (Å²) >= 11 is 0. The van der Waals surface area contributed by atoms with E-state index >= 15 is 0 Å². The Morgan fingerprint density at radius 1 is 0.833 bits per heavy atom. The van der Waals surface area contributed by atoms with Crippen LogP contribution in [0.15, 0.2) is 36.9 Å². The minimum absolute atomic E-state index is 0.644. The molecule has 0 saturated carbocycles. The van der Waals surface area contributed by atoms with E-state index in [2.05, 4.69) is 0 Å². The first-order chi connectivity index (χ1) is 5.75. The zero-order valence-electron chi connectivity index (χ0n) is 6.18. The second kappa shape index (κ2) is 2.34. The molecule has 0 fully saturated rings. The summed E-state index contributed by atoms with van der Waals surface area (Å²) < 4.78 is 1.34. The molecular formula is C8H6N2O2. The van der Waals surface area contributed by atoms with Gasteiger partial charge in [0.25, 0.3) is 0 Å². The Kier molecular flexibility index (Phi) is 1.33. The summed E-state index contributed by atoms with van der Waals surface area (Å²) in [5.41, 5.74) is 0. The van der Waals surface area contributed by atoms with Crippen LogP contribution in [0.5, 0.6) is 0 Å². The zero-order chi connectivity index (χ0) is 8.55. The number of hydrogen-bond acceptors (Lipinski definition) is 2. The highest BCUT2D eigenvalue weighted by Crippen LogP contribution is 2.06. The van der Waals surface area contributed by atoms with Crippen LogP contribution < -0.4 is 9.46 Å². The van der Waals surface area contributed by atoms with Crippen LogP contribution in [0.4, 0.5) is 0 Å². The van der Waals surface area contributed by atoms with Crippen molar-refractivity contribution in [1.82, 2.24) is 0 Å². The number of nitrogens with zero attached hydrogens (tertiary/aromatic N) is 2. The summed E-state index contributed by atoms with van der Waals surface area (Å²) in [5.74, 6) is 0. The fourth-order valence-corrected chi connectivity index (χ4v) is 1.10. The first kappa shape index (κ1) is 6.84. The number of rotatable bonds is 0. The Morgan fingerprint density at radius 2 is 1.33 bits per heavy atom. The molecule has 2 heterocycles. The minimum atomic E-state index is 0.644. The van der Waals surface area contributed by atoms with Crippen LogP contribution in [0.1, 0.15) is 0 Å². The van der Waals surface area contributed by atoms with Gasteiger partial charge in [-0.3, -0.25) is 0 Å². The van der Waals surface area contributed by atoms with Crippen LogP contribution in [0, 0.1) is 10.4 Å². The van der Waals surface area contributed by atoms with Crippen molar-refractivity contribution in [1.29, 1.82) is 0 Å². The van der Waals surface area contributed by atoms with Gasteiger partial charge in [-0.2, -0.15) is 9.46 Å². The molecule has 60 valence electrons. The maximum Gasteiger partial charge on any atom is 0.194 e. The normalized spacial score (nSPS) is 10.3. The quantitative estimate of drug-likeness (QED) is 0.407. The summed E-state index contributed by atoms with van der Waals surface area (Å²) in [6.07, 6.45) is 5.53. The maximum atomic E-state index is 10.8. The molecular weight excluding hydrogens is 156 g/mol. The predicted molar refractivity (Wildman–Crippen MR) is 41.9 cm³/mol. The van der Waals surface area contributed by atoms with E-state index in [-0.39, 0.29) is 0 Å². The van der Waals surface area contributed by atoms with E-state index < -0.39 is 0 Å². The molecule has 0 radical (unpaired) electrons. The van der Waals surface area contributed by atoms with Crippen LogP contribution in [0.3, 0.4) is 0 Å². The van der Waals surface area contributed by atoms with E-state index in [1.54, 1.807) is 12.1 Å². The van der Waals surface area contributed by atoms with Crippen LogP contribution in [-0.4, -0.2) is 0 Å². The summed E-state index contributed by atoms with van der Waals surface area (Å²) in [6.45, 7) is 0. The average molecular weight is 162 g/mol. The summed E-state index contributed by atoms with van der Waals surface area (Å²) in [5, 5.41) is 23.1. The van der Waals surface area contributed by atoms with Gasteiger partial charge in [0, 0.05) is 17.5 Å². The lowest BCUT2D eigenvalue weighted by Crippen LogP contribution is -2.27. The molecule has 0 aliphatic carbocycles. The molecule has 0 N–H and O–H groups in total. The molecule has 2 aromatic heterocycles. The van der Waals surface area contributed by atoms with E-state index in [1.165, 1.54) is 24.8 Å². The monoisotopic (exact) mass is 162 g/mol. The first-order valence-corrected chi connectivity index (χ1v) is 3.47. The molecule has 2 aromatic rings. The van der Waals surface area contributed by atoms with Gasteiger partial charge in [0.1, 0.15) is 5.39 Å². The van der Waals surface area contributed by atoms with Gasteiger partial charge in [0.05, 0.1) is 0 Å². The lowest BCUT2D eigenvalue weighted by Gasteiger charge is -1.98. The average Bonchev–Trinajstić information content (AvgIpc) is 2.03. The van der Waals surface area contributed by atoms with Crippen molar-refractivity contribution in [2.75, 3.05) is 0 Å². The highest BCUT2D eigenvalue weighted by Gasteiger charge is 2.00. The van der Waals surface area contributed by atoms with Crippen molar-refractivity contribution in [2.24, 2.45) is 0 Å². The van der Waals surface area contributed by atoms with Gasteiger partial charge >= 0.3 is 0 Å². The number of pyridine rings is 2. The van der Waals surface area contributed by atoms with Crippen LogP contribution in [0.2, 0.25) is 0 Å². The zero-order valence-corrected chi connectivity index (χ0v) is 6.18. The topological polar surface area (TPSA) is 53.9 Å². The molecule has 2 rings (SSSR count). The van der Waals surface area contributed by atoms with Crippen LogP contribution in [0.25, 0.3) is 10.8 Å². The van der Waals surface area contributed by atoms with Crippen molar-refractivity contribution in [3.8, 4) is 0 Å². The predicted octanol–water partition coefficient (Wildman–Crippen LogP) is 0.107. The van der Waals surface area contributed by atoms with Crippen molar-refractivity contribution >= 4 is 10.8 Å². The van der Waals surface area contributed by atoms with Crippen molar-refractivity contribution in [3.63, 3.8) is 0 Å². The Bertz CT molecular complexity index is 392. The molecule has 0 saturated heterocycles. The molecule has 0 unspecified atom stereocenters. The third kappa shape index (κ3) is 1.03. The second-order valence-corrected chi connectivity index (χ2v) is 2.52. The first-order valence-electron chi connectivity index (χ1n) is 3.47. The van der Waals surface area contributed by atoms with Gasteiger partial charge in [0.2, 0.25) is 0 Å². The Morgan fingerprint density at radius 3 is 1.83 bits per heavy atom. The highest BCUT2D eigenvalue weighted by molar-refractivity contribution is 5.78. The minimum Gasteiger partial charge on any atom is -0.619 e. The van der Waals surface area contributed by atoms with Gasteiger partial charge in [-0.1, -0.05) is 0 Å². The van der Waals surface area contributed by atoms with Crippen molar-refractivity contribution < 1.29 is 9.46 Å². The van der Waals surface area contributed by atoms with Crippen LogP contribution in [-0.2, 0) is 0 Å². The van der Waals surface area contributed by atoms with Gasteiger partial charge < -0.3 is 10.4 Å². The van der Waals surface area contributed by atoms with Crippen molar-refractivity contribution in [3.05, 3.63) is 47.3 Å². The smallest absolute Gasteiger partial charge is 0.194 e. The number of aromatic nitrogens is 2. The second-order valence-electron chi connectivity index (χ2n) is 2.52. The van der Waals surface area contributed by atoms with E-state index in [4.69, 9.17) is 0 Å². The Balaban J connectivity index is 2.80. The van der Waals surface area contributed by atoms with Gasteiger partial charge in [-0.25, -0.2) is 0 Å². The molecule has 0 atom stereocenters. The Labute approximate surface area is 68.5 Å². The summed E-state index contributed by atoms with van der Waals surface area (Å²) in [7, 11) is 0. The lowest BCUT2D eigenvalue weighted by atomic mass is 10.2. The molecule has 0 spiro atoms. The van der Waals surface area contributed by atoms with Gasteiger partial charge in [0.15, 0.2) is 24.8 Å². The summed E-state index contributed by atoms with van der Waals surface area (Å²) in [4.78, 5) is 0. The molecule has 0 aliphatic heterocycles. The van der Waals surface area contributed by atoms with E-state index in [1.807, 2.05) is 0 Å². The molecule has 0 aromatic carbocycles. The lowest BCUT2D eigenvalue weighted by molar-refractivity contribution is -0.609. The molecule has 0 amide bonds. The van der Waals surface area contributed by atoms with Crippen molar-refractivity contribution in [2.45, 2.75) is 0 Å². The number of fused-ring (bicyclic) bond motifs is 1. The summed E-state index contributed by atoms with van der Waals surface area (Å²) in [6, 6.07) is 3.34. The van der Waals surface area contributed by atoms with Gasteiger partial charge in [-0.15, -0.1) is 0 Å². The maximum absolute atomic E-state index is 10.8. The van der Waals surface area contributed by atoms with Gasteiger partial charge in [-0.05, 0) is 0 Å². The molecule has 0 aliphatic rings. The van der Waals surface area contributed by atoms with E-state index in [9.17, 15) is 10.4 Å². The SMILES string of the molecule is [O-][n+]1ccc2cc[n+]([O-])cc2c1. The largest absolute Gasteiger partial charge is 0.619 e. The fraction of sp³-hybridized carbons (Fsp3) is 0. The molecule has 4 nitrogen and oxygen atoms in total. The molecule has 0 bridgehead atoms. The van der Waals surface area contributed by atoms with E-state index in [0.717, 1.165) is 5.39 Å². The number of hydrogen-bond donors (Lipinski definition) is 0. The molecule has 12 heavy (non-hydrogen) atoms. The molecule has 4 heteroatoms.